The van der Waals surface area contributed by atoms with E-state index in [1.807, 2.05) is 0 Å². The molecule has 0 aliphatic heterocycles. The van der Waals surface area contributed by atoms with Gasteiger partial charge < -0.3 is 10.1 Å². The van der Waals surface area contributed by atoms with E-state index in [2.05, 4.69) is 20.1 Å². The van der Waals surface area contributed by atoms with E-state index in [9.17, 15) is 23.7 Å². The third kappa shape index (κ3) is 4.46. The third-order valence-corrected chi connectivity index (χ3v) is 4.44. The monoisotopic (exact) mass is 409 g/mol. The molecule has 0 aliphatic carbocycles. The van der Waals surface area contributed by atoms with E-state index >= 15 is 0 Å². The van der Waals surface area contributed by atoms with E-state index in [1.54, 1.807) is 24.4 Å². The van der Waals surface area contributed by atoms with Crippen molar-refractivity contribution in [3.8, 4) is 17.0 Å². The summed E-state index contributed by atoms with van der Waals surface area (Å²) in [5.74, 6) is -0.413. The molecule has 2 heterocycles. The molecule has 0 aliphatic rings. The van der Waals surface area contributed by atoms with Crippen LogP contribution in [0.15, 0.2) is 42.0 Å². The fraction of sp³-hybridized carbons (Fsp3) is 0.188. The zero-order chi connectivity index (χ0) is 20.3. The first-order valence-corrected chi connectivity index (χ1v) is 8.71. The van der Waals surface area contributed by atoms with Crippen LogP contribution in [0.3, 0.4) is 0 Å². The molecule has 3 rings (SSSR count). The van der Waals surface area contributed by atoms with Crippen molar-refractivity contribution in [1.29, 1.82) is 0 Å². The van der Waals surface area contributed by atoms with Gasteiger partial charge in [-0.05, 0) is 31.2 Å². The molecule has 0 spiro atoms. The van der Waals surface area contributed by atoms with E-state index in [0.29, 0.717) is 16.4 Å². The summed E-state index contributed by atoms with van der Waals surface area (Å²) in [6.07, 6.45) is 2.23. The number of hydrogen-bond donors (Lipinski definition) is 1. The Kier molecular flexibility index (Phi) is 5.59. The summed E-state index contributed by atoms with van der Waals surface area (Å²) in [4.78, 5) is 26.7. The molecule has 1 unspecified atom stereocenters. The van der Waals surface area contributed by atoms with E-state index < -0.39 is 23.5 Å². The van der Waals surface area contributed by atoms with E-state index in [4.69, 9.17) is 0 Å². The Hall–Kier alpha value is -3.41. The number of alkyl halides is 2. The topological polar surface area (TPSA) is 112 Å². The van der Waals surface area contributed by atoms with Crippen molar-refractivity contribution in [2.45, 2.75) is 19.6 Å². The number of ether oxygens (including phenoxy) is 1. The Balaban J connectivity index is 1.66. The molecule has 9 nitrogen and oxygen atoms in total. The van der Waals surface area contributed by atoms with Gasteiger partial charge in [-0.25, -0.2) is 4.98 Å². The molecular weight excluding hydrogens is 396 g/mol. The lowest BCUT2D eigenvalue weighted by Crippen LogP contribution is -2.23. The number of halogens is 2. The van der Waals surface area contributed by atoms with Crippen LogP contribution in [0.25, 0.3) is 11.3 Å². The minimum atomic E-state index is -2.90. The van der Waals surface area contributed by atoms with Gasteiger partial charge in [-0.2, -0.15) is 13.9 Å². The molecule has 146 valence electrons. The highest BCUT2D eigenvalue weighted by atomic mass is 32.1. The highest BCUT2D eigenvalue weighted by molar-refractivity contribution is 7.14. The molecule has 0 saturated heterocycles. The zero-order valence-corrected chi connectivity index (χ0v) is 15.1. The van der Waals surface area contributed by atoms with Gasteiger partial charge in [0.05, 0.1) is 10.6 Å². The second-order valence-corrected chi connectivity index (χ2v) is 6.40. The number of carbonyl (C=O) groups excluding carboxylic acids is 1. The summed E-state index contributed by atoms with van der Waals surface area (Å²) >= 11 is 1.18. The van der Waals surface area contributed by atoms with Gasteiger partial charge in [-0.15, -0.1) is 11.3 Å². The second kappa shape index (κ2) is 8.08. The van der Waals surface area contributed by atoms with Crippen molar-refractivity contribution in [1.82, 2.24) is 14.8 Å². The Morgan fingerprint density at radius 1 is 1.36 bits per heavy atom. The maximum atomic E-state index is 12.3. The van der Waals surface area contributed by atoms with Crippen LogP contribution in [0.2, 0.25) is 0 Å². The molecule has 1 amide bonds. The van der Waals surface area contributed by atoms with Crippen molar-refractivity contribution in [3.05, 3.63) is 52.2 Å². The Morgan fingerprint density at radius 2 is 2.07 bits per heavy atom. The van der Waals surface area contributed by atoms with Crippen LogP contribution >= 0.6 is 11.3 Å². The largest absolute Gasteiger partial charge is 0.435 e. The number of nitrogens with one attached hydrogen (secondary N) is 1. The number of anilines is 1. The number of benzene rings is 1. The van der Waals surface area contributed by atoms with Crippen LogP contribution < -0.4 is 10.1 Å². The number of nitro groups is 1. The number of hydrogen-bond acceptors (Lipinski definition) is 7. The molecule has 0 bridgehead atoms. The van der Waals surface area contributed by atoms with Crippen molar-refractivity contribution in [2.24, 2.45) is 0 Å². The number of amides is 1. The van der Waals surface area contributed by atoms with Crippen LogP contribution in [-0.4, -0.2) is 32.2 Å². The molecule has 28 heavy (non-hydrogen) atoms. The van der Waals surface area contributed by atoms with Crippen LogP contribution in [0, 0.1) is 10.1 Å². The lowest BCUT2D eigenvalue weighted by molar-refractivity contribution is -0.385. The molecule has 0 fully saturated rings. The summed E-state index contributed by atoms with van der Waals surface area (Å²) in [5.41, 5.74) is 0.996. The highest BCUT2D eigenvalue weighted by Crippen LogP contribution is 2.27. The van der Waals surface area contributed by atoms with Gasteiger partial charge in [-0.3, -0.25) is 19.6 Å². The molecule has 0 saturated carbocycles. The molecule has 3 aromatic rings. The third-order valence-electron chi connectivity index (χ3n) is 3.68. The van der Waals surface area contributed by atoms with Gasteiger partial charge in [0.25, 0.3) is 5.91 Å². The zero-order valence-electron chi connectivity index (χ0n) is 14.3. The van der Waals surface area contributed by atoms with Crippen molar-refractivity contribution < 1.29 is 23.2 Å². The minimum absolute atomic E-state index is 0.0321. The van der Waals surface area contributed by atoms with Crippen LogP contribution in [-0.2, 0) is 4.79 Å². The molecule has 0 radical (unpaired) electrons. The molecular formula is C16H13F2N5O4S. The summed E-state index contributed by atoms with van der Waals surface area (Å²) < 4.78 is 29.8. The summed E-state index contributed by atoms with van der Waals surface area (Å²) in [7, 11) is 0. The molecule has 1 atom stereocenters. The first-order valence-electron chi connectivity index (χ1n) is 7.83. The molecule has 1 aromatic carbocycles. The highest BCUT2D eigenvalue weighted by Gasteiger charge is 2.20. The number of rotatable bonds is 7. The SMILES string of the molecule is CC(C(=O)Nc1nc(-c2ccc(OC(F)F)cc2)cs1)n1cc([N+](=O)[O-])cn1. The standard InChI is InChI=1S/C16H13F2N5O4S/c1-9(22-7-11(6-19-22)23(25)26)14(24)21-16-20-13(8-28-16)10-2-4-12(5-3-10)27-15(17)18/h2-9,15H,1H3,(H,20,21,24). The number of aromatic nitrogens is 3. The smallest absolute Gasteiger partial charge is 0.387 e. The quantitative estimate of drug-likeness (QED) is 0.470. The van der Waals surface area contributed by atoms with Crippen molar-refractivity contribution >= 4 is 28.1 Å². The van der Waals surface area contributed by atoms with Crippen LogP contribution in [0.5, 0.6) is 5.75 Å². The summed E-state index contributed by atoms with van der Waals surface area (Å²) in [5, 5.41) is 19.2. The van der Waals surface area contributed by atoms with Crippen LogP contribution in [0.1, 0.15) is 13.0 Å². The maximum absolute atomic E-state index is 12.3. The lowest BCUT2D eigenvalue weighted by Gasteiger charge is -2.10. The fourth-order valence-electron chi connectivity index (χ4n) is 2.23. The first kappa shape index (κ1) is 19.4. The second-order valence-electron chi connectivity index (χ2n) is 5.54. The summed E-state index contributed by atoms with van der Waals surface area (Å²) in [6.45, 7) is -1.35. The van der Waals surface area contributed by atoms with Gasteiger partial charge in [0.15, 0.2) is 5.13 Å². The van der Waals surface area contributed by atoms with Crippen molar-refractivity contribution in [3.63, 3.8) is 0 Å². The fourth-order valence-corrected chi connectivity index (χ4v) is 2.96. The minimum Gasteiger partial charge on any atom is -0.435 e. The van der Waals surface area contributed by atoms with Crippen LogP contribution in [0.4, 0.5) is 19.6 Å². The predicted molar refractivity (Wildman–Crippen MR) is 96.4 cm³/mol. The normalized spacial score (nSPS) is 12.0. The van der Waals surface area contributed by atoms with Gasteiger partial charge in [0, 0.05) is 10.9 Å². The Morgan fingerprint density at radius 3 is 2.68 bits per heavy atom. The lowest BCUT2D eigenvalue weighted by atomic mass is 10.2. The average Bonchev–Trinajstić information content (AvgIpc) is 3.31. The van der Waals surface area contributed by atoms with Gasteiger partial charge in [0.2, 0.25) is 0 Å². The first-order chi connectivity index (χ1) is 13.3. The number of nitrogens with zero attached hydrogens (tertiary/aromatic N) is 4. The summed E-state index contributed by atoms with van der Waals surface area (Å²) in [6, 6.07) is 5.15. The number of thiazole rings is 1. The van der Waals surface area contributed by atoms with E-state index in [-0.39, 0.29) is 11.4 Å². The number of carbonyl (C=O) groups is 1. The predicted octanol–water partition coefficient (Wildman–Crippen LogP) is 3.72. The molecule has 12 heteroatoms. The van der Waals surface area contributed by atoms with E-state index in [1.165, 1.54) is 34.3 Å². The Bertz CT molecular complexity index is 989. The average molecular weight is 409 g/mol. The maximum Gasteiger partial charge on any atom is 0.387 e. The molecule has 2 aromatic heterocycles. The Labute approximate surface area is 160 Å². The molecule has 1 N–H and O–H groups in total. The van der Waals surface area contributed by atoms with Gasteiger partial charge in [0.1, 0.15) is 24.2 Å². The van der Waals surface area contributed by atoms with Gasteiger partial charge >= 0.3 is 12.3 Å². The van der Waals surface area contributed by atoms with Gasteiger partial charge in [-0.1, -0.05) is 0 Å². The van der Waals surface area contributed by atoms with E-state index in [0.717, 1.165) is 6.20 Å². The van der Waals surface area contributed by atoms with Crippen molar-refractivity contribution in [2.75, 3.05) is 5.32 Å².